The number of benzene rings is 1. The molecule has 0 bridgehead atoms. The van der Waals surface area contributed by atoms with Crippen molar-refractivity contribution in [3.05, 3.63) is 12.4 Å². The van der Waals surface area contributed by atoms with Crippen LogP contribution in [0.25, 0.3) is 10.9 Å². The molecule has 6 heteroatoms. The molecule has 0 saturated carbocycles. The van der Waals surface area contributed by atoms with Crippen LogP contribution in [0.3, 0.4) is 0 Å². The third kappa shape index (κ3) is 3.25. The Morgan fingerprint density at radius 2 is 1.57 bits per heavy atom. The molecule has 0 saturated heterocycles. The highest BCUT2D eigenvalue weighted by atomic mass is 16.5. The molecule has 1 aromatic carbocycles. The predicted molar refractivity (Wildman–Crippen MR) is 92.0 cm³/mol. The summed E-state index contributed by atoms with van der Waals surface area (Å²) in [7, 11) is 4.81. The van der Waals surface area contributed by atoms with Gasteiger partial charge in [0, 0.05) is 13.1 Å². The van der Waals surface area contributed by atoms with Gasteiger partial charge in [-0.1, -0.05) is 13.8 Å². The Morgan fingerprint density at radius 3 is 2.09 bits per heavy atom. The Kier molecular flexibility index (Phi) is 5.84. The van der Waals surface area contributed by atoms with Crippen LogP contribution in [-0.4, -0.2) is 44.4 Å². The van der Waals surface area contributed by atoms with Gasteiger partial charge in [0.05, 0.1) is 26.7 Å². The van der Waals surface area contributed by atoms with Crippen LogP contribution in [0.15, 0.2) is 12.4 Å². The van der Waals surface area contributed by atoms with Crippen LogP contribution < -0.4 is 19.1 Å². The second-order valence-electron chi connectivity index (χ2n) is 5.23. The van der Waals surface area contributed by atoms with Crippen molar-refractivity contribution in [2.24, 2.45) is 0 Å². The molecular weight excluding hydrogens is 294 g/mol. The van der Waals surface area contributed by atoms with Gasteiger partial charge in [0.2, 0.25) is 5.75 Å². The van der Waals surface area contributed by atoms with Crippen molar-refractivity contribution in [1.82, 2.24) is 9.97 Å². The van der Waals surface area contributed by atoms with Crippen molar-refractivity contribution >= 4 is 16.7 Å². The first-order valence-electron chi connectivity index (χ1n) is 7.90. The second-order valence-corrected chi connectivity index (χ2v) is 5.23. The minimum atomic E-state index is 0.546. The van der Waals surface area contributed by atoms with E-state index < -0.39 is 0 Å². The SMILES string of the molecule is CCCN(CCC)c1ncnc2c(OC)c(OC)c(OC)cc12. The van der Waals surface area contributed by atoms with Crippen LogP contribution >= 0.6 is 0 Å². The molecule has 0 fully saturated rings. The fourth-order valence-electron chi connectivity index (χ4n) is 2.77. The summed E-state index contributed by atoms with van der Waals surface area (Å²) in [6, 6.07) is 1.92. The topological polar surface area (TPSA) is 56.7 Å². The van der Waals surface area contributed by atoms with Crippen molar-refractivity contribution in [2.75, 3.05) is 39.3 Å². The Balaban J connectivity index is 2.72. The zero-order valence-electron chi connectivity index (χ0n) is 14.5. The Hall–Kier alpha value is -2.24. The van der Waals surface area contributed by atoms with Crippen LogP contribution in [0.1, 0.15) is 26.7 Å². The van der Waals surface area contributed by atoms with Gasteiger partial charge in [0.25, 0.3) is 0 Å². The number of fused-ring (bicyclic) bond motifs is 1. The van der Waals surface area contributed by atoms with E-state index in [0.29, 0.717) is 17.2 Å². The normalized spacial score (nSPS) is 10.7. The van der Waals surface area contributed by atoms with Crippen LogP contribution in [-0.2, 0) is 0 Å². The van der Waals surface area contributed by atoms with Crippen molar-refractivity contribution in [2.45, 2.75) is 26.7 Å². The number of anilines is 1. The monoisotopic (exact) mass is 319 g/mol. The summed E-state index contributed by atoms with van der Waals surface area (Å²) in [5, 5.41) is 0.906. The van der Waals surface area contributed by atoms with E-state index in [2.05, 4.69) is 28.7 Å². The maximum absolute atomic E-state index is 5.53. The highest BCUT2D eigenvalue weighted by Gasteiger charge is 2.21. The molecule has 0 N–H and O–H groups in total. The Labute approximate surface area is 137 Å². The lowest BCUT2D eigenvalue weighted by atomic mass is 10.1. The number of methoxy groups -OCH3 is 3. The number of ether oxygens (including phenoxy) is 3. The first-order chi connectivity index (χ1) is 11.2. The van der Waals surface area contributed by atoms with Crippen LogP contribution in [0.5, 0.6) is 17.2 Å². The lowest BCUT2D eigenvalue weighted by Crippen LogP contribution is -2.26. The molecule has 0 amide bonds. The van der Waals surface area contributed by atoms with Gasteiger partial charge in [-0.2, -0.15) is 0 Å². The molecular formula is C17H25N3O3. The highest BCUT2D eigenvalue weighted by molar-refractivity contribution is 5.97. The number of rotatable bonds is 8. The van der Waals surface area contributed by atoms with E-state index in [4.69, 9.17) is 14.2 Å². The van der Waals surface area contributed by atoms with E-state index in [-0.39, 0.29) is 0 Å². The summed E-state index contributed by atoms with van der Waals surface area (Å²) in [5.41, 5.74) is 0.729. The van der Waals surface area contributed by atoms with Gasteiger partial charge >= 0.3 is 0 Å². The molecule has 0 radical (unpaired) electrons. The van der Waals surface area contributed by atoms with Crippen LogP contribution in [0, 0.1) is 0 Å². The number of hydrogen-bond donors (Lipinski definition) is 0. The minimum absolute atomic E-state index is 0.546. The number of hydrogen-bond acceptors (Lipinski definition) is 6. The fourth-order valence-corrected chi connectivity index (χ4v) is 2.77. The Bertz CT molecular complexity index is 655. The maximum atomic E-state index is 5.53. The van der Waals surface area contributed by atoms with Crippen molar-refractivity contribution in [1.29, 1.82) is 0 Å². The van der Waals surface area contributed by atoms with E-state index in [9.17, 15) is 0 Å². The third-order valence-electron chi connectivity index (χ3n) is 3.70. The van der Waals surface area contributed by atoms with Gasteiger partial charge < -0.3 is 19.1 Å². The standard InChI is InChI=1S/C17H25N3O3/c1-6-8-20(9-7-2)17-12-10-13(21-3)15(22-4)16(23-5)14(12)18-11-19-17/h10-11H,6-9H2,1-5H3. The highest BCUT2D eigenvalue weighted by Crippen LogP contribution is 2.44. The van der Waals surface area contributed by atoms with Crippen molar-refractivity contribution in [3.8, 4) is 17.2 Å². The summed E-state index contributed by atoms with van der Waals surface area (Å²) in [6.07, 6.45) is 3.68. The van der Waals surface area contributed by atoms with Crippen LogP contribution in [0.2, 0.25) is 0 Å². The molecule has 0 aliphatic carbocycles. The molecule has 23 heavy (non-hydrogen) atoms. The van der Waals surface area contributed by atoms with Gasteiger partial charge in [0.15, 0.2) is 11.5 Å². The van der Waals surface area contributed by atoms with Gasteiger partial charge in [-0.15, -0.1) is 0 Å². The van der Waals surface area contributed by atoms with Gasteiger partial charge in [0.1, 0.15) is 17.7 Å². The first-order valence-corrected chi connectivity index (χ1v) is 7.90. The zero-order valence-corrected chi connectivity index (χ0v) is 14.5. The molecule has 126 valence electrons. The zero-order chi connectivity index (χ0) is 16.8. The predicted octanol–water partition coefficient (Wildman–Crippen LogP) is 3.28. The first kappa shape index (κ1) is 17.1. The molecule has 0 atom stereocenters. The summed E-state index contributed by atoms with van der Waals surface area (Å²) >= 11 is 0. The summed E-state index contributed by atoms with van der Waals surface area (Å²) < 4.78 is 16.4. The fraction of sp³-hybridized carbons (Fsp3) is 0.529. The Morgan fingerprint density at radius 1 is 0.913 bits per heavy atom. The molecule has 0 spiro atoms. The van der Waals surface area contributed by atoms with E-state index >= 15 is 0 Å². The van der Waals surface area contributed by atoms with Crippen molar-refractivity contribution in [3.63, 3.8) is 0 Å². The smallest absolute Gasteiger partial charge is 0.205 e. The molecule has 1 aromatic heterocycles. The van der Waals surface area contributed by atoms with Gasteiger partial charge in [-0.05, 0) is 18.9 Å². The van der Waals surface area contributed by atoms with Gasteiger partial charge in [-0.3, -0.25) is 0 Å². The molecule has 2 aromatic rings. The molecule has 0 unspecified atom stereocenters. The average Bonchev–Trinajstić information content (AvgIpc) is 2.59. The molecule has 1 heterocycles. The molecule has 0 aliphatic heterocycles. The number of aromatic nitrogens is 2. The number of nitrogens with zero attached hydrogens (tertiary/aromatic N) is 3. The summed E-state index contributed by atoms with van der Waals surface area (Å²) in [4.78, 5) is 11.2. The quantitative estimate of drug-likeness (QED) is 0.744. The van der Waals surface area contributed by atoms with E-state index in [1.807, 2.05) is 6.07 Å². The second kappa shape index (κ2) is 7.85. The van der Waals surface area contributed by atoms with Gasteiger partial charge in [-0.25, -0.2) is 9.97 Å². The van der Waals surface area contributed by atoms with Crippen LogP contribution in [0.4, 0.5) is 5.82 Å². The third-order valence-corrected chi connectivity index (χ3v) is 3.70. The largest absolute Gasteiger partial charge is 0.493 e. The lowest BCUT2D eigenvalue weighted by Gasteiger charge is -2.24. The summed E-state index contributed by atoms with van der Waals surface area (Å²) in [6.45, 7) is 6.21. The molecule has 0 aliphatic rings. The molecule has 2 rings (SSSR count). The summed E-state index contributed by atoms with van der Waals surface area (Å²) in [5.74, 6) is 2.63. The lowest BCUT2D eigenvalue weighted by molar-refractivity contribution is 0.327. The van der Waals surface area contributed by atoms with E-state index in [0.717, 1.165) is 42.7 Å². The molecule has 6 nitrogen and oxygen atoms in total. The van der Waals surface area contributed by atoms with Crippen molar-refractivity contribution < 1.29 is 14.2 Å². The van der Waals surface area contributed by atoms with E-state index in [1.54, 1.807) is 27.7 Å². The minimum Gasteiger partial charge on any atom is -0.493 e. The average molecular weight is 319 g/mol. The van der Waals surface area contributed by atoms with E-state index in [1.165, 1.54) is 0 Å². The maximum Gasteiger partial charge on any atom is 0.205 e.